The minimum absolute atomic E-state index is 0.00569. The van der Waals surface area contributed by atoms with E-state index in [-0.39, 0.29) is 63.2 Å². The molecule has 2 aliphatic rings. The molecule has 24 heteroatoms. The average molecular weight is 1110 g/mol. The number of phenolic OH excluding ortho intramolecular Hbond substituents is 1. The number of β-amino-alcohol motifs (C(OH)–C–C–N with tert-alkyl or cyclic N) is 1. The fraction of sp³-hybridized carbons (Fsp3) is 0.759. The third kappa shape index (κ3) is 20.6. The van der Waals surface area contributed by atoms with Crippen LogP contribution in [0.3, 0.4) is 0 Å². The van der Waals surface area contributed by atoms with Gasteiger partial charge in [0.05, 0.1) is 36.9 Å². The molecule has 24 nitrogen and oxygen atoms in total. The van der Waals surface area contributed by atoms with Crippen molar-refractivity contribution >= 4 is 41.2 Å². The molecule has 6 amide bonds. The van der Waals surface area contributed by atoms with Crippen LogP contribution >= 0.6 is 0 Å². The molecule has 444 valence electrons. The van der Waals surface area contributed by atoms with Crippen LogP contribution in [0.4, 0.5) is 0 Å². The standard InChI is InChI=1S/C54H92N8O16/c1-7-30(2)26-31(3)14-12-10-8-9-11-13-15-43(70)57-38(28-42(69)52(78-25-23-56)60-51(75)46-41(68)21-24-61(46)53(76)32(4)40(67)20-22-55)49(73)59-45(34(6)64)54(77)62-29-37(66)27-39(62)50(74)58-44(33(5)63)48(72)47(71)35-16-18-36(65)19-17-35/h16-19,30-32,34,37-42,44-48,52,64-69,71-72H,7-15,20-29,55-56H2,1-6H3,(H,57,70)(H,58,74)(H,59,73)(H,60,75)/t30-,31+,32-,34+,37+,38-,39-,40+,41-,42+,44+,45-,46-,47-,48-,52+/m0/s1. The number of nitrogens with zero attached hydrogens (tertiary/aromatic N) is 2. The highest BCUT2D eigenvalue weighted by Crippen LogP contribution is 2.27. The van der Waals surface area contributed by atoms with Gasteiger partial charge in [0.15, 0.2) is 12.0 Å². The van der Waals surface area contributed by atoms with E-state index in [9.17, 15) is 74.4 Å². The molecule has 1 aromatic rings. The lowest BCUT2D eigenvalue weighted by molar-refractivity contribution is -0.149. The fourth-order valence-electron chi connectivity index (χ4n) is 10.0. The zero-order valence-electron chi connectivity index (χ0n) is 46.4. The Morgan fingerprint density at radius 3 is 1.97 bits per heavy atom. The minimum atomic E-state index is -1.92. The van der Waals surface area contributed by atoms with Gasteiger partial charge in [-0.15, -0.1) is 0 Å². The molecule has 78 heavy (non-hydrogen) atoms. The summed E-state index contributed by atoms with van der Waals surface area (Å²) in [7, 11) is 0. The van der Waals surface area contributed by atoms with Gasteiger partial charge in [-0.25, -0.2) is 0 Å². The van der Waals surface area contributed by atoms with Crippen molar-refractivity contribution in [3.05, 3.63) is 29.8 Å². The zero-order valence-corrected chi connectivity index (χ0v) is 46.4. The van der Waals surface area contributed by atoms with E-state index in [0.29, 0.717) is 24.7 Å². The third-order valence-electron chi connectivity index (χ3n) is 14.9. The molecule has 16 atom stereocenters. The normalized spacial score (nSPS) is 22.1. The Hall–Kier alpha value is -4.89. The largest absolute Gasteiger partial charge is 0.508 e. The van der Waals surface area contributed by atoms with Crippen LogP contribution < -0.4 is 32.7 Å². The van der Waals surface area contributed by atoms with Gasteiger partial charge < -0.3 is 88.1 Å². The number of carbonyl (C=O) groups is 7. The number of aliphatic hydroxyl groups is 7. The summed E-state index contributed by atoms with van der Waals surface area (Å²) in [5.41, 5.74) is 11.4. The molecule has 2 saturated heterocycles. The van der Waals surface area contributed by atoms with Crippen molar-refractivity contribution < 1.29 is 79.2 Å². The summed E-state index contributed by atoms with van der Waals surface area (Å²) in [5, 5.41) is 96.4. The first-order valence-electron chi connectivity index (χ1n) is 27.8. The molecule has 0 spiro atoms. The predicted molar refractivity (Wildman–Crippen MR) is 286 cm³/mol. The molecular formula is C54H92N8O16. The number of nitrogens with two attached hydrogens (primary N) is 2. The maximum absolute atomic E-state index is 14.4. The summed E-state index contributed by atoms with van der Waals surface area (Å²) in [6.45, 7) is 9.60. The van der Waals surface area contributed by atoms with Crippen LogP contribution in [0, 0.1) is 17.8 Å². The van der Waals surface area contributed by atoms with E-state index in [2.05, 4.69) is 42.0 Å². The Bertz CT molecular complexity index is 2050. The van der Waals surface area contributed by atoms with Crippen molar-refractivity contribution in [1.82, 2.24) is 31.1 Å². The Balaban J connectivity index is 1.85. The van der Waals surface area contributed by atoms with E-state index in [1.807, 2.05) is 0 Å². The van der Waals surface area contributed by atoms with Crippen molar-refractivity contribution in [2.45, 2.75) is 211 Å². The molecular weight excluding hydrogens is 1020 g/mol. The van der Waals surface area contributed by atoms with Gasteiger partial charge in [0, 0.05) is 38.9 Å². The number of hydrogen-bond donors (Lipinski definition) is 14. The highest BCUT2D eigenvalue weighted by Gasteiger charge is 2.47. The number of carbonyl (C=O) groups excluding carboxylic acids is 7. The number of aliphatic hydroxyl groups excluding tert-OH is 7. The third-order valence-corrected chi connectivity index (χ3v) is 14.9. The van der Waals surface area contributed by atoms with Crippen LogP contribution in [0.1, 0.15) is 143 Å². The number of hydrogen-bond acceptors (Lipinski definition) is 18. The first-order chi connectivity index (χ1) is 36.9. The molecule has 2 aliphatic heterocycles. The summed E-state index contributed by atoms with van der Waals surface area (Å²) in [6.07, 6.45) is -5.04. The summed E-state index contributed by atoms with van der Waals surface area (Å²) >= 11 is 0. The molecule has 0 saturated carbocycles. The monoisotopic (exact) mass is 1110 g/mol. The van der Waals surface area contributed by atoms with E-state index >= 15 is 0 Å². The average Bonchev–Trinajstić information content (AvgIpc) is 4.00. The zero-order chi connectivity index (χ0) is 58.4. The summed E-state index contributed by atoms with van der Waals surface area (Å²) in [4.78, 5) is 98.5. The van der Waals surface area contributed by atoms with Crippen molar-refractivity contribution in [2.75, 3.05) is 32.8 Å². The Morgan fingerprint density at radius 1 is 0.731 bits per heavy atom. The van der Waals surface area contributed by atoms with Gasteiger partial charge >= 0.3 is 0 Å². The van der Waals surface area contributed by atoms with Gasteiger partial charge in [-0.3, -0.25) is 33.6 Å². The molecule has 0 aromatic heterocycles. The summed E-state index contributed by atoms with van der Waals surface area (Å²) in [6, 6.07) is -3.23. The van der Waals surface area contributed by atoms with Gasteiger partial charge in [-0.05, 0) is 75.6 Å². The van der Waals surface area contributed by atoms with Crippen molar-refractivity contribution in [1.29, 1.82) is 0 Å². The number of aromatic hydroxyl groups is 1. The van der Waals surface area contributed by atoms with Crippen molar-refractivity contribution in [3.8, 4) is 5.75 Å². The highest BCUT2D eigenvalue weighted by molar-refractivity contribution is 5.96. The number of ketones is 1. The number of amides is 6. The number of unbranched alkanes of at least 4 members (excludes halogenated alkanes) is 5. The lowest BCUT2D eigenvalue weighted by atomic mass is 9.91. The Morgan fingerprint density at radius 2 is 1.37 bits per heavy atom. The quantitative estimate of drug-likeness (QED) is 0.0282. The van der Waals surface area contributed by atoms with Gasteiger partial charge in [0.25, 0.3) is 0 Å². The minimum Gasteiger partial charge on any atom is -0.508 e. The first-order valence-corrected chi connectivity index (χ1v) is 27.8. The van der Waals surface area contributed by atoms with E-state index < -0.39 is 139 Å². The number of nitrogens with one attached hydrogen (secondary N) is 4. The smallest absolute Gasteiger partial charge is 0.248 e. The molecule has 0 aliphatic carbocycles. The van der Waals surface area contributed by atoms with Crippen LogP contribution in [0.5, 0.6) is 5.75 Å². The second-order valence-corrected chi connectivity index (χ2v) is 21.5. The maximum Gasteiger partial charge on any atom is 0.248 e. The predicted octanol–water partition coefficient (Wildman–Crippen LogP) is -1.16. The molecule has 0 unspecified atom stereocenters. The van der Waals surface area contributed by atoms with Gasteiger partial charge in [0.1, 0.15) is 54.3 Å². The summed E-state index contributed by atoms with van der Waals surface area (Å²) in [5.74, 6) is -6.00. The fourth-order valence-corrected chi connectivity index (χ4v) is 10.0. The Labute approximate surface area is 458 Å². The lowest BCUT2D eigenvalue weighted by Crippen LogP contribution is -2.61. The van der Waals surface area contributed by atoms with Crippen LogP contribution in [-0.4, -0.2) is 198 Å². The van der Waals surface area contributed by atoms with Crippen molar-refractivity contribution in [2.24, 2.45) is 29.2 Å². The number of phenols is 1. The van der Waals surface area contributed by atoms with Crippen LogP contribution in [0.2, 0.25) is 0 Å². The van der Waals surface area contributed by atoms with E-state index in [1.54, 1.807) is 0 Å². The molecule has 2 heterocycles. The molecule has 0 radical (unpaired) electrons. The SMILES string of the molecule is CC[C@H](C)C[C@H](C)CCCCCCCCC(=O)N[C@@H](C[C@@H](O)[C@H](NC(=O)[C@@H]1[C@@H](O)CCN1C(=O)[C@@H](C)[C@H](O)CCN)OCCN)C(=O)N[C@H](C(=O)N1C[C@H](O)C[C@H]1C(=O)N[C@H](C(C)=O)[C@H](O)[C@@H](O)c1ccc(O)cc1)[C@@H](C)O. The molecule has 3 rings (SSSR count). The van der Waals surface area contributed by atoms with E-state index in [1.165, 1.54) is 37.6 Å². The second kappa shape index (κ2) is 33.6. The van der Waals surface area contributed by atoms with Gasteiger partial charge in [-0.1, -0.05) is 84.8 Å². The molecule has 0 bridgehead atoms. The van der Waals surface area contributed by atoms with Crippen molar-refractivity contribution in [3.63, 3.8) is 0 Å². The number of likely N-dealkylation sites (tertiary alicyclic amines) is 2. The topological polar surface area (TPSA) is 397 Å². The molecule has 2 fully saturated rings. The van der Waals surface area contributed by atoms with E-state index in [0.717, 1.165) is 62.2 Å². The lowest BCUT2D eigenvalue weighted by Gasteiger charge is -2.33. The first kappa shape index (κ1) is 67.4. The highest BCUT2D eigenvalue weighted by atomic mass is 16.5. The van der Waals surface area contributed by atoms with Gasteiger partial charge in [-0.2, -0.15) is 0 Å². The van der Waals surface area contributed by atoms with Gasteiger partial charge in [0.2, 0.25) is 35.4 Å². The maximum atomic E-state index is 14.4. The molecule has 1 aromatic carbocycles. The summed E-state index contributed by atoms with van der Waals surface area (Å²) < 4.78 is 5.73. The van der Waals surface area contributed by atoms with E-state index in [4.69, 9.17) is 16.2 Å². The molecule has 16 N–H and O–H groups in total. The van der Waals surface area contributed by atoms with Crippen LogP contribution in [0.25, 0.3) is 0 Å². The van der Waals surface area contributed by atoms with Crippen LogP contribution in [-0.2, 0) is 38.3 Å². The number of rotatable bonds is 35. The number of ether oxygens (including phenoxy) is 1. The van der Waals surface area contributed by atoms with Crippen LogP contribution in [0.15, 0.2) is 24.3 Å². The number of benzene rings is 1. The number of Topliss-reactive ketones (excluding diaryl/α,β-unsaturated/α-hetero) is 1. The second-order valence-electron chi connectivity index (χ2n) is 21.5. The Kier molecular flexibility index (Phi) is 29.1.